The van der Waals surface area contributed by atoms with Crippen LogP contribution >= 0.6 is 23.6 Å². The van der Waals surface area contributed by atoms with E-state index in [1.165, 1.54) is 24.2 Å². The molecule has 0 amide bonds. The fourth-order valence-corrected chi connectivity index (χ4v) is 2.75. The largest absolute Gasteiger partial charge is 0.357 e. The number of H-pyrrole nitrogens is 1. The van der Waals surface area contributed by atoms with Crippen LogP contribution in [0.4, 0.5) is 5.13 Å². The fraction of sp³-hybridized carbons (Fsp3) is 0.778. The van der Waals surface area contributed by atoms with Gasteiger partial charge in [-0.15, -0.1) is 5.10 Å². The first-order chi connectivity index (χ1) is 7.15. The van der Waals surface area contributed by atoms with Crippen LogP contribution < -0.4 is 5.32 Å². The molecule has 0 spiro atoms. The lowest BCUT2D eigenvalue weighted by Crippen LogP contribution is -2.42. The first-order valence-corrected chi connectivity index (χ1v) is 6.40. The summed E-state index contributed by atoms with van der Waals surface area (Å²) in [5.74, 6) is 0. The summed E-state index contributed by atoms with van der Waals surface area (Å²) in [5.41, 5.74) is 0. The lowest BCUT2D eigenvalue weighted by atomic mass is 9.99. The van der Waals surface area contributed by atoms with Gasteiger partial charge in [-0.1, -0.05) is 11.3 Å². The van der Waals surface area contributed by atoms with Gasteiger partial charge in [-0.2, -0.15) is 0 Å². The number of aromatic amines is 1. The molecule has 0 aliphatic carbocycles. The van der Waals surface area contributed by atoms with Gasteiger partial charge in [-0.25, -0.2) is 0 Å². The Kier molecular flexibility index (Phi) is 3.38. The van der Waals surface area contributed by atoms with Crippen molar-refractivity contribution in [3.05, 3.63) is 3.95 Å². The van der Waals surface area contributed by atoms with Gasteiger partial charge >= 0.3 is 0 Å². The molecule has 1 aromatic heterocycles. The Morgan fingerprint density at radius 1 is 1.67 bits per heavy atom. The van der Waals surface area contributed by atoms with Crippen molar-refractivity contribution >= 4 is 28.7 Å². The van der Waals surface area contributed by atoms with E-state index in [-0.39, 0.29) is 0 Å². The zero-order valence-corrected chi connectivity index (χ0v) is 10.6. The molecular formula is C9H16N4S2. The number of likely N-dealkylation sites (tertiary alicyclic amines) is 1. The van der Waals surface area contributed by atoms with Crippen molar-refractivity contribution in [1.29, 1.82) is 0 Å². The maximum atomic E-state index is 4.99. The zero-order chi connectivity index (χ0) is 10.8. The highest BCUT2D eigenvalue weighted by atomic mass is 32.1. The number of hydrogen-bond donors (Lipinski definition) is 2. The number of piperidine rings is 1. The van der Waals surface area contributed by atoms with E-state index in [1.54, 1.807) is 0 Å². The second-order valence-corrected chi connectivity index (χ2v) is 5.78. The van der Waals surface area contributed by atoms with Crippen LogP contribution in [-0.2, 0) is 0 Å². The van der Waals surface area contributed by atoms with Crippen molar-refractivity contribution in [3.8, 4) is 0 Å². The third-order valence-electron chi connectivity index (χ3n) is 2.97. The van der Waals surface area contributed by atoms with Crippen molar-refractivity contribution in [1.82, 2.24) is 15.1 Å². The van der Waals surface area contributed by atoms with Crippen LogP contribution in [0, 0.1) is 3.95 Å². The first kappa shape index (κ1) is 11.0. The van der Waals surface area contributed by atoms with E-state index in [0.717, 1.165) is 15.6 Å². The van der Waals surface area contributed by atoms with E-state index >= 15 is 0 Å². The van der Waals surface area contributed by atoms with E-state index in [9.17, 15) is 0 Å². The highest BCUT2D eigenvalue weighted by Gasteiger charge is 2.22. The molecule has 1 aliphatic heterocycles. The molecule has 0 saturated carbocycles. The van der Waals surface area contributed by atoms with Crippen LogP contribution in [0.1, 0.15) is 19.8 Å². The molecule has 4 nitrogen and oxygen atoms in total. The second kappa shape index (κ2) is 4.59. The molecule has 2 N–H and O–H groups in total. The van der Waals surface area contributed by atoms with Crippen molar-refractivity contribution in [2.45, 2.75) is 31.8 Å². The summed E-state index contributed by atoms with van der Waals surface area (Å²) in [7, 11) is 2.18. The van der Waals surface area contributed by atoms with Crippen LogP contribution in [0.2, 0.25) is 0 Å². The molecular weight excluding hydrogens is 228 g/mol. The van der Waals surface area contributed by atoms with E-state index in [0.29, 0.717) is 12.1 Å². The van der Waals surface area contributed by atoms with Gasteiger partial charge in [-0.3, -0.25) is 5.10 Å². The average Bonchev–Trinajstić information content (AvgIpc) is 2.58. The molecule has 2 rings (SSSR count). The Hall–Kier alpha value is -0.460. The number of anilines is 1. The van der Waals surface area contributed by atoms with Gasteiger partial charge < -0.3 is 10.2 Å². The van der Waals surface area contributed by atoms with Gasteiger partial charge in [-0.05, 0) is 39.0 Å². The summed E-state index contributed by atoms with van der Waals surface area (Å²) in [6, 6.07) is 1.17. The molecule has 2 heterocycles. The third-order valence-corrected chi connectivity index (χ3v) is 3.99. The van der Waals surface area contributed by atoms with E-state index in [4.69, 9.17) is 12.2 Å². The van der Waals surface area contributed by atoms with Crippen LogP contribution in [0.5, 0.6) is 0 Å². The van der Waals surface area contributed by atoms with Crippen LogP contribution in [0.3, 0.4) is 0 Å². The molecule has 15 heavy (non-hydrogen) atoms. The quantitative estimate of drug-likeness (QED) is 0.782. The van der Waals surface area contributed by atoms with Gasteiger partial charge in [0.25, 0.3) is 0 Å². The van der Waals surface area contributed by atoms with Gasteiger partial charge in [0.05, 0.1) is 0 Å². The predicted molar refractivity (Wildman–Crippen MR) is 66.0 cm³/mol. The average molecular weight is 244 g/mol. The predicted octanol–water partition coefficient (Wildman–Crippen LogP) is 2.10. The Balaban J connectivity index is 1.93. The van der Waals surface area contributed by atoms with Crippen LogP contribution in [-0.4, -0.2) is 40.8 Å². The molecule has 2 unspecified atom stereocenters. The van der Waals surface area contributed by atoms with Crippen LogP contribution in [0.25, 0.3) is 0 Å². The molecule has 1 saturated heterocycles. The molecule has 84 valence electrons. The lowest BCUT2D eigenvalue weighted by Gasteiger charge is -2.35. The molecule has 6 heteroatoms. The van der Waals surface area contributed by atoms with Crippen molar-refractivity contribution < 1.29 is 0 Å². The number of aromatic nitrogens is 2. The Labute approximate surface area is 98.7 Å². The van der Waals surface area contributed by atoms with Crippen molar-refractivity contribution in [3.63, 3.8) is 0 Å². The Bertz CT molecular complexity index is 372. The summed E-state index contributed by atoms with van der Waals surface area (Å²) in [5, 5.41) is 11.3. The highest BCUT2D eigenvalue weighted by Crippen LogP contribution is 2.20. The van der Waals surface area contributed by atoms with Gasteiger partial charge in [0.15, 0.2) is 3.95 Å². The van der Waals surface area contributed by atoms with E-state index in [2.05, 4.69) is 34.4 Å². The smallest absolute Gasteiger partial charge is 0.204 e. The summed E-state index contributed by atoms with van der Waals surface area (Å²) in [4.78, 5) is 2.39. The molecule has 0 bridgehead atoms. The minimum atomic E-state index is 0.533. The zero-order valence-electron chi connectivity index (χ0n) is 8.99. The third kappa shape index (κ3) is 2.76. The summed E-state index contributed by atoms with van der Waals surface area (Å²) in [6.45, 7) is 3.41. The maximum Gasteiger partial charge on any atom is 0.204 e. The first-order valence-electron chi connectivity index (χ1n) is 5.17. The van der Waals surface area contributed by atoms with E-state index in [1.807, 2.05) is 0 Å². The minimum absolute atomic E-state index is 0.533. The van der Waals surface area contributed by atoms with Gasteiger partial charge in [0, 0.05) is 18.6 Å². The van der Waals surface area contributed by atoms with Crippen LogP contribution in [0.15, 0.2) is 0 Å². The number of rotatable bonds is 2. The molecule has 1 fully saturated rings. The molecule has 1 aliphatic rings. The van der Waals surface area contributed by atoms with E-state index < -0.39 is 0 Å². The molecule has 2 atom stereocenters. The second-order valence-electron chi connectivity index (χ2n) is 4.11. The Morgan fingerprint density at radius 2 is 2.47 bits per heavy atom. The highest BCUT2D eigenvalue weighted by molar-refractivity contribution is 7.73. The van der Waals surface area contributed by atoms with Crippen molar-refractivity contribution in [2.75, 3.05) is 18.9 Å². The monoisotopic (exact) mass is 244 g/mol. The standard InChI is InChI=1S/C9H16N4S2/c1-6-5-7(3-4-13(6)2)10-8-11-12-9(14)15-8/h6-7H,3-5H2,1-2H3,(H,10,11)(H,12,14). The lowest BCUT2D eigenvalue weighted by molar-refractivity contribution is 0.190. The number of nitrogens with one attached hydrogen (secondary N) is 2. The molecule has 1 aromatic rings. The van der Waals surface area contributed by atoms with Crippen molar-refractivity contribution in [2.24, 2.45) is 0 Å². The van der Waals surface area contributed by atoms with Gasteiger partial charge in [0.1, 0.15) is 0 Å². The topological polar surface area (TPSA) is 44.0 Å². The summed E-state index contributed by atoms with van der Waals surface area (Å²) < 4.78 is 0.735. The minimum Gasteiger partial charge on any atom is -0.357 e. The molecule has 0 aromatic carbocycles. The maximum absolute atomic E-state index is 4.99. The fourth-order valence-electron chi connectivity index (χ4n) is 1.89. The number of nitrogens with zero attached hydrogens (tertiary/aromatic N) is 2. The normalized spacial score (nSPS) is 27.9. The Morgan fingerprint density at radius 3 is 3.07 bits per heavy atom. The number of hydrogen-bond acceptors (Lipinski definition) is 5. The molecule has 0 radical (unpaired) electrons. The summed E-state index contributed by atoms with van der Waals surface area (Å²) in [6.07, 6.45) is 2.34. The van der Waals surface area contributed by atoms with Gasteiger partial charge in [0.2, 0.25) is 5.13 Å². The SMILES string of the molecule is CC1CC(Nc2n[nH]c(=S)s2)CCN1C. The summed E-state index contributed by atoms with van der Waals surface area (Å²) >= 11 is 6.50.